The van der Waals surface area contributed by atoms with Crippen LogP contribution in [0.5, 0.6) is 0 Å². The number of carbonyl (C=O) groups is 1. The largest absolute Gasteiger partial charge is 0.444 e. The van der Waals surface area contributed by atoms with Gasteiger partial charge in [0.25, 0.3) is 10.1 Å². The van der Waals surface area contributed by atoms with Crippen molar-refractivity contribution >= 4 is 16.2 Å². The van der Waals surface area contributed by atoms with Crippen molar-refractivity contribution in [2.45, 2.75) is 43.4 Å². The van der Waals surface area contributed by atoms with Gasteiger partial charge in [-0.2, -0.15) is 8.42 Å². The summed E-state index contributed by atoms with van der Waals surface area (Å²) in [4.78, 5) is 12.2. The molecule has 0 aliphatic heterocycles. The average molecular weight is 407 g/mol. The van der Waals surface area contributed by atoms with E-state index in [9.17, 15) is 18.3 Å². The first-order valence-electron chi connectivity index (χ1n) is 8.75. The van der Waals surface area contributed by atoms with E-state index >= 15 is 0 Å². The summed E-state index contributed by atoms with van der Waals surface area (Å²) in [5, 5.41) is 13.1. The van der Waals surface area contributed by atoms with E-state index in [1.807, 2.05) is 0 Å². The van der Waals surface area contributed by atoms with Crippen LogP contribution >= 0.6 is 0 Å². The topological polar surface area (TPSA) is 102 Å². The Hall–Kier alpha value is -2.42. The number of rotatable bonds is 7. The highest BCUT2D eigenvalue weighted by Crippen LogP contribution is 2.20. The molecule has 0 bridgehead atoms. The zero-order valence-electron chi connectivity index (χ0n) is 16.0. The van der Waals surface area contributed by atoms with Crippen molar-refractivity contribution in [3.8, 4) is 0 Å². The molecule has 0 aliphatic rings. The minimum Gasteiger partial charge on any atom is -0.444 e. The third-order valence-electron chi connectivity index (χ3n) is 3.64. The van der Waals surface area contributed by atoms with E-state index in [-0.39, 0.29) is 4.90 Å². The lowest BCUT2D eigenvalue weighted by Crippen LogP contribution is -2.41. The van der Waals surface area contributed by atoms with Crippen LogP contribution < -0.4 is 5.32 Å². The molecule has 2 rings (SSSR count). The fourth-order valence-corrected chi connectivity index (χ4v) is 3.35. The number of hydrogen-bond acceptors (Lipinski definition) is 6. The Morgan fingerprint density at radius 2 is 1.57 bits per heavy atom. The first-order chi connectivity index (χ1) is 13.1. The fourth-order valence-electron chi connectivity index (χ4n) is 2.41. The van der Waals surface area contributed by atoms with Crippen LogP contribution in [-0.4, -0.2) is 37.9 Å². The van der Waals surface area contributed by atoms with Gasteiger partial charge in [-0.15, -0.1) is 0 Å². The van der Waals surface area contributed by atoms with Crippen LogP contribution in [0.2, 0.25) is 0 Å². The zero-order chi connectivity index (χ0) is 20.8. The van der Waals surface area contributed by atoms with Crippen molar-refractivity contribution < 1.29 is 27.2 Å². The molecule has 2 atom stereocenters. The van der Waals surface area contributed by atoms with Crippen molar-refractivity contribution in [1.82, 2.24) is 5.32 Å². The Bertz CT molecular complexity index is 863. The Morgan fingerprint density at radius 1 is 1.04 bits per heavy atom. The van der Waals surface area contributed by atoms with Crippen molar-refractivity contribution in [3.63, 3.8) is 0 Å². The monoisotopic (exact) mass is 407 g/mol. The van der Waals surface area contributed by atoms with Crippen LogP contribution in [0.3, 0.4) is 0 Å². The Kier molecular flexibility index (Phi) is 7.17. The Balaban J connectivity index is 2.13. The first kappa shape index (κ1) is 21.9. The molecule has 2 aromatic carbocycles. The van der Waals surface area contributed by atoms with Gasteiger partial charge in [0.05, 0.1) is 17.5 Å². The van der Waals surface area contributed by atoms with Crippen LogP contribution in [0.25, 0.3) is 0 Å². The molecule has 2 aromatic rings. The van der Waals surface area contributed by atoms with E-state index in [2.05, 4.69) is 5.32 Å². The maximum atomic E-state index is 12.3. The summed E-state index contributed by atoms with van der Waals surface area (Å²) >= 11 is 0. The Labute approximate surface area is 165 Å². The van der Waals surface area contributed by atoms with Crippen molar-refractivity contribution in [3.05, 3.63) is 66.2 Å². The Morgan fingerprint density at radius 3 is 2.11 bits per heavy atom. The number of amides is 1. The molecule has 0 aromatic heterocycles. The van der Waals surface area contributed by atoms with E-state index in [0.29, 0.717) is 5.56 Å². The minimum atomic E-state index is -4.03. The average Bonchev–Trinajstić information content (AvgIpc) is 2.64. The number of nitrogens with one attached hydrogen (secondary N) is 1. The molecule has 0 fully saturated rings. The summed E-state index contributed by atoms with van der Waals surface area (Å²) in [6.45, 7) is 4.62. The minimum absolute atomic E-state index is 0.0152. The summed E-state index contributed by atoms with van der Waals surface area (Å²) in [6.07, 6.45) is -2.06. The number of alkyl carbamates (subject to hydrolysis) is 1. The maximum absolute atomic E-state index is 12.3. The summed E-state index contributed by atoms with van der Waals surface area (Å²) < 4.78 is 34.7. The number of hydrogen-bond donors (Lipinski definition) is 2. The standard InChI is InChI=1S/C20H25NO6S/c1-20(2,3)27-19(23)21-18(15-10-6-4-7-11-15)17(22)14-26-28(24,25)16-12-8-5-9-13-16/h4-13,17-18,22H,14H2,1-3H3,(H,21,23). The van der Waals surface area contributed by atoms with Gasteiger partial charge in [0.1, 0.15) is 11.7 Å². The third-order valence-corrected chi connectivity index (χ3v) is 4.94. The van der Waals surface area contributed by atoms with Crippen LogP contribution in [0.1, 0.15) is 32.4 Å². The SMILES string of the molecule is CC(C)(C)OC(=O)NC(c1ccccc1)C(O)COS(=O)(=O)c1ccccc1. The number of benzene rings is 2. The molecule has 1 amide bonds. The third kappa shape index (κ3) is 6.63. The van der Waals surface area contributed by atoms with Crippen LogP contribution in [0.15, 0.2) is 65.6 Å². The van der Waals surface area contributed by atoms with Gasteiger partial charge in [0.15, 0.2) is 0 Å². The molecule has 7 nitrogen and oxygen atoms in total. The molecule has 2 N–H and O–H groups in total. The number of carbonyl (C=O) groups excluding carboxylic acids is 1. The molecule has 0 aliphatic carbocycles. The molecule has 0 saturated carbocycles. The van der Waals surface area contributed by atoms with Gasteiger partial charge in [0, 0.05) is 0 Å². The van der Waals surface area contributed by atoms with Gasteiger partial charge in [-0.05, 0) is 38.5 Å². The predicted octanol–water partition coefficient (Wildman–Crippen LogP) is 3.02. The molecule has 8 heteroatoms. The molecule has 28 heavy (non-hydrogen) atoms. The lowest BCUT2D eigenvalue weighted by molar-refractivity contribution is 0.0352. The summed E-state index contributed by atoms with van der Waals surface area (Å²) in [7, 11) is -4.03. The van der Waals surface area contributed by atoms with Gasteiger partial charge < -0.3 is 15.2 Å². The lowest BCUT2D eigenvalue weighted by atomic mass is 10.0. The molecule has 2 unspecified atom stereocenters. The second kappa shape index (κ2) is 9.18. The van der Waals surface area contributed by atoms with Crippen LogP contribution in [0, 0.1) is 0 Å². The number of aliphatic hydroxyl groups is 1. The van der Waals surface area contributed by atoms with E-state index in [0.717, 1.165) is 0 Å². The van der Waals surface area contributed by atoms with Gasteiger partial charge in [0.2, 0.25) is 0 Å². The van der Waals surface area contributed by atoms with E-state index < -0.39 is 40.6 Å². The number of aliphatic hydroxyl groups excluding tert-OH is 1. The molecular weight excluding hydrogens is 382 g/mol. The van der Waals surface area contributed by atoms with E-state index in [1.54, 1.807) is 69.3 Å². The summed E-state index contributed by atoms with van der Waals surface area (Å²) in [5.74, 6) is 0. The molecular formula is C20H25NO6S. The van der Waals surface area contributed by atoms with Gasteiger partial charge in [-0.3, -0.25) is 4.18 Å². The molecule has 152 valence electrons. The fraction of sp³-hybridized carbons (Fsp3) is 0.350. The van der Waals surface area contributed by atoms with Gasteiger partial charge in [-0.1, -0.05) is 48.5 Å². The molecule has 0 radical (unpaired) electrons. The highest BCUT2D eigenvalue weighted by molar-refractivity contribution is 7.86. The second-order valence-corrected chi connectivity index (χ2v) is 8.77. The molecule has 0 saturated heterocycles. The summed E-state index contributed by atoms with van der Waals surface area (Å²) in [5.41, 5.74) is -0.134. The van der Waals surface area contributed by atoms with Crippen molar-refractivity contribution in [2.75, 3.05) is 6.61 Å². The van der Waals surface area contributed by atoms with Crippen molar-refractivity contribution in [2.24, 2.45) is 0 Å². The lowest BCUT2D eigenvalue weighted by Gasteiger charge is -2.27. The predicted molar refractivity (Wildman–Crippen MR) is 104 cm³/mol. The smallest absolute Gasteiger partial charge is 0.408 e. The summed E-state index contributed by atoms with van der Waals surface area (Å²) in [6, 6.07) is 15.4. The maximum Gasteiger partial charge on any atom is 0.408 e. The van der Waals surface area contributed by atoms with Gasteiger partial charge >= 0.3 is 6.09 Å². The van der Waals surface area contributed by atoms with Crippen LogP contribution in [0.4, 0.5) is 4.79 Å². The van der Waals surface area contributed by atoms with Crippen molar-refractivity contribution in [1.29, 1.82) is 0 Å². The zero-order valence-corrected chi connectivity index (χ0v) is 16.8. The quantitative estimate of drug-likeness (QED) is 0.684. The molecule has 0 spiro atoms. The van der Waals surface area contributed by atoms with Crippen LogP contribution in [-0.2, 0) is 19.0 Å². The van der Waals surface area contributed by atoms with E-state index in [1.165, 1.54) is 12.1 Å². The second-order valence-electron chi connectivity index (χ2n) is 7.15. The number of ether oxygens (including phenoxy) is 1. The van der Waals surface area contributed by atoms with E-state index in [4.69, 9.17) is 8.92 Å². The normalized spacial score (nSPS) is 14.1. The highest BCUT2D eigenvalue weighted by atomic mass is 32.2. The highest BCUT2D eigenvalue weighted by Gasteiger charge is 2.28. The van der Waals surface area contributed by atoms with Gasteiger partial charge in [-0.25, -0.2) is 4.79 Å². The first-order valence-corrected chi connectivity index (χ1v) is 10.2. The molecule has 0 heterocycles.